The molecule has 2 aromatic rings. The van der Waals surface area contributed by atoms with Crippen molar-refractivity contribution in [3.05, 3.63) is 59.4 Å². The molecule has 1 atom stereocenters. The Morgan fingerprint density at radius 1 is 1.20 bits per heavy atom. The maximum absolute atomic E-state index is 12.8. The first-order valence-electron chi connectivity index (χ1n) is 10.3. The third-order valence-corrected chi connectivity index (χ3v) is 6.14. The second-order valence-corrected chi connectivity index (χ2v) is 7.88. The van der Waals surface area contributed by atoms with Crippen LogP contribution in [0, 0.1) is 23.2 Å². The standard InChI is InChI=1S/C22H23N7O/c23-12-18(14-4-2-1-3-5-14)26-22(30)16-8-6-15(7-9-16)19-20-17-10-11-24-21(17)25-13-29(20)28-27-19/h1-5,10-11,13,15-16,18,24,27-28H,6-9H2,(H,26,30)/t15-,16-,18?. The molecule has 0 spiro atoms. The maximum atomic E-state index is 12.8. The molecule has 1 aromatic carbocycles. The number of amides is 1. The van der Waals surface area contributed by atoms with Crippen molar-refractivity contribution in [2.45, 2.75) is 31.7 Å². The Bertz CT molecular complexity index is 1040. The van der Waals surface area contributed by atoms with Crippen molar-refractivity contribution in [2.75, 3.05) is 0 Å². The molecule has 1 unspecified atom stereocenters. The fourth-order valence-electron chi connectivity index (χ4n) is 4.54. The molecule has 4 N–H and O–H groups in total. The maximum Gasteiger partial charge on any atom is 0.224 e. The third kappa shape index (κ3) is 3.23. The number of aromatic amines is 1. The van der Waals surface area contributed by atoms with Crippen molar-refractivity contribution in [3.8, 4) is 6.07 Å². The summed E-state index contributed by atoms with van der Waals surface area (Å²) in [6.45, 7) is 0. The van der Waals surface area contributed by atoms with Crippen LogP contribution in [0.2, 0.25) is 0 Å². The van der Waals surface area contributed by atoms with Crippen LogP contribution in [0.15, 0.2) is 53.3 Å². The summed E-state index contributed by atoms with van der Waals surface area (Å²) < 4.78 is 0. The summed E-state index contributed by atoms with van der Waals surface area (Å²) in [6, 6.07) is 13.0. The summed E-state index contributed by atoms with van der Waals surface area (Å²) in [5.74, 6) is 1.11. The molecular weight excluding hydrogens is 378 g/mol. The van der Waals surface area contributed by atoms with Crippen molar-refractivity contribution >= 4 is 23.8 Å². The molecule has 1 aliphatic carbocycles. The van der Waals surface area contributed by atoms with E-state index >= 15 is 0 Å². The number of benzene rings is 1. The molecule has 3 aliphatic rings. The van der Waals surface area contributed by atoms with E-state index in [9.17, 15) is 10.1 Å². The minimum Gasteiger partial charge on any atom is -0.346 e. The number of rotatable bonds is 4. The number of nitrogens with one attached hydrogen (secondary N) is 4. The number of nitriles is 1. The summed E-state index contributed by atoms with van der Waals surface area (Å²) in [5.41, 5.74) is 10.6. The first-order valence-corrected chi connectivity index (χ1v) is 10.3. The Balaban J connectivity index is 1.25. The fourth-order valence-corrected chi connectivity index (χ4v) is 4.54. The van der Waals surface area contributed by atoms with Crippen molar-refractivity contribution in [2.24, 2.45) is 16.8 Å². The van der Waals surface area contributed by atoms with Gasteiger partial charge in [-0.1, -0.05) is 30.3 Å². The Hall–Kier alpha value is -3.57. The lowest BCUT2D eigenvalue weighted by molar-refractivity contribution is -0.126. The molecule has 1 saturated carbocycles. The monoisotopic (exact) mass is 401 g/mol. The van der Waals surface area contributed by atoms with E-state index in [4.69, 9.17) is 0 Å². The Morgan fingerprint density at radius 3 is 2.77 bits per heavy atom. The van der Waals surface area contributed by atoms with E-state index in [1.54, 1.807) is 6.34 Å². The summed E-state index contributed by atoms with van der Waals surface area (Å²) >= 11 is 0. The number of carbonyl (C=O) groups excluding carboxylic acids is 1. The first-order chi connectivity index (χ1) is 14.7. The smallest absolute Gasteiger partial charge is 0.224 e. The zero-order valence-electron chi connectivity index (χ0n) is 16.4. The zero-order valence-corrected chi connectivity index (χ0v) is 16.4. The molecule has 0 saturated heterocycles. The summed E-state index contributed by atoms with van der Waals surface area (Å²) in [5, 5.41) is 14.3. The van der Waals surface area contributed by atoms with Crippen LogP contribution in [0.25, 0.3) is 5.70 Å². The van der Waals surface area contributed by atoms with Gasteiger partial charge in [0.2, 0.25) is 5.91 Å². The predicted octanol–water partition coefficient (Wildman–Crippen LogP) is 2.87. The van der Waals surface area contributed by atoms with E-state index in [0.717, 1.165) is 54.0 Å². The van der Waals surface area contributed by atoms with E-state index < -0.39 is 6.04 Å². The second kappa shape index (κ2) is 7.69. The molecule has 1 aromatic heterocycles. The zero-order chi connectivity index (χ0) is 20.5. The quantitative estimate of drug-likeness (QED) is 0.630. The van der Waals surface area contributed by atoms with Crippen LogP contribution in [0.5, 0.6) is 0 Å². The molecule has 5 rings (SSSR count). The lowest BCUT2D eigenvalue weighted by atomic mass is 9.79. The Kier molecular flexibility index (Phi) is 4.73. The number of fused-ring (bicyclic) bond motifs is 3. The number of hydrogen-bond acceptors (Lipinski definition) is 6. The average molecular weight is 401 g/mol. The van der Waals surface area contributed by atoms with E-state index in [2.05, 4.69) is 32.3 Å². The van der Waals surface area contributed by atoms with Crippen LogP contribution in [-0.4, -0.2) is 22.2 Å². The molecule has 1 fully saturated rings. The van der Waals surface area contributed by atoms with Gasteiger partial charge in [0.15, 0.2) is 0 Å². The number of carbonyl (C=O) groups is 1. The number of allylic oxidation sites excluding steroid dienone is 1. The normalized spacial score (nSPS) is 23.2. The van der Waals surface area contributed by atoms with E-state index in [-0.39, 0.29) is 11.8 Å². The van der Waals surface area contributed by atoms with Gasteiger partial charge in [-0.15, -0.1) is 5.53 Å². The number of hydrazine groups is 2. The summed E-state index contributed by atoms with van der Waals surface area (Å²) in [4.78, 5) is 20.4. The van der Waals surface area contributed by atoms with Crippen LogP contribution in [-0.2, 0) is 4.79 Å². The minimum atomic E-state index is -0.607. The highest BCUT2D eigenvalue weighted by Gasteiger charge is 2.35. The van der Waals surface area contributed by atoms with Crippen molar-refractivity contribution < 1.29 is 4.79 Å². The summed E-state index contributed by atoms with van der Waals surface area (Å²) in [6.07, 6.45) is 7.09. The fraction of sp³-hybridized carbons (Fsp3) is 0.318. The predicted molar refractivity (Wildman–Crippen MR) is 112 cm³/mol. The molecular formula is C22H23N7O. The molecule has 3 heterocycles. The Labute approximate surface area is 174 Å². The average Bonchev–Trinajstić information content (AvgIpc) is 3.44. The SMILES string of the molecule is N#CC(NC(=O)[C@H]1CC[C@H](C2=C3c4cc[nH]c4N=CN3NN2)CC1)c1ccccc1. The lowest BCUT2D eigenvalue weighted by Gasteiger charge is -2.29. The first kappa shape index (κ1) is 18.5. The van der Waals surface area contributed by atoms with Crippen molar-refractivity contribution in [1.82, 2.24) is 26.3 Å². The van der Waals surface area contributed by atoms with Gasteiger partial charge in [-0.3, -0.25) is 4.79 Å². The largest absolute Gasteiger partial charge is 0.346 e. The van der Waals surface area contributed by atoms with Crippen molar-refractivity contribution in [1.29, 1.82) is 5.26 Å². The molecule has 8 nitrogen and oxygen atoms in total. The van der Waals surface area contributed by atoms with Gasteiger partial charge in [-0.25, -0.2) is 10.0 Å². The Morgan fingerprint density at radius 2 is 2.00 bits per heavy atom. The van der Waals surface area contributed by atoms with Gasteiger partial charge in [0.05, 0.1) is 17.5 Å². The molecule has 0 bridgehead atoms. The van der Waals surface area contributed by atoms with Crippen LogP contribution < -0.4 is 16.3 Å². The number of aromatic nitrogens is 1. The van der Waals surface area contributed by atoms with Crippen LogP contribution >= 0.6 is 0 Å². The molecule has 2 aliphatic heterocycles. The second-order valence-electron chi connectivity index (χ2n) is 7.88. The number of aliphatic imine (C=N–C) groups is 1. The van der Waals surface area contributed by atoms with E-state index in [0.29, 0.717) is 5.92 Å². The van der Waals surface area contributed by atoms with Gasteiger partial charge in [-0.2, -0.15) is 5.26 Å². The highest BCUT2D eigenvalue weighted by atomic mass is 16.1. The number of nitrogens with zero attached hydrogens (tertiary/aromatic N) is 3. The van der Waals surface area contributed by atoms with Gasteiger partial charge in [0.1, 0.15) is 18.2 Å². The van der Waals surface area contributed by atoms with E-state index in [1.165, 1.54) is 0 Å². The molecule has 30 heavy (non-hydrogen) atoms. The number of hydrogen-bond donors (Lipinski definition) is 4. The molecule has 152 valence electrons. The van der Waals surface area contributed by atoms with Gasteiger partial charge < -0.3 is 15.7 Å². The molecule has 1 amide bonds. The van der Waals surface area contributed by atoms with Gasteiger partial charge in [0.25, 0.3) is 0 Å². The minimum absolute atomic E-state index is 0.0293. The number of H-pyrrole nitrogens is 1. The summed E-state index contributed by atoms with van der Waals surface area (Å²) in [7, 11) is 0. The van der Waals surface area contributed by atoms with Crippen LogP contribution in [0.1, 0.15) is 42.9 Å². The van der Waals surface area contributed by atoms with Gasteiger partial charge in [0, 0.05) is 23.6 Å². The third-order valence-electron chi connectivity index (χ3n) is 6.14. The van der Waals surface area contributed by atoms with Crippen LogP contribution in [0.4, 0.5) is 5.82 Å². The van der Waals surface area contributed by atoms with E-state index in [1.807, 2.05) is 47.6 Å². The van der Waals surface area contributed by atoms with Gasteiger partial charge >= 0.3 is 0 Å². The molecule has 8 heteroatoms. The topological polar surface area (TPSA) is 108 Å². The highest BCUT2D eigenvalue weighted by molar-refractivity contribution is 5.88. The lowest BCUT2D eigenvalue weighted by Crippen LogP contribution is -2.38. The van der Waals surface area contributed by atoms with Crippen LogP contribution in [0.3, 0.4) is 0 Å². The molecule has 0 radical (unpaired) electrons. The van der Waals surface area contributed by atoms with Gasteiger partial charge in [-0.05, 0) is 37.3 Å². The van der Waals surface area contributed by atoms with Crippen molar-refractivity contribution in [3.63, 3.8) is 0 Å². The highest BCUT2D eigenvalue weighted by Crippen LogP contribution is 2.40.